The SMILES string of the molecule is CC(C)(C)OC(=O)N1CCC(C)(c2c[nH]n3c2nc2cc(F)cc(C(N)=O)c23)CC1. The Morgan fingerprint density at radius 1 is 1.27 bits per heavy atom. The number of imidazole rings is 1. The van der Waals surface area contributed by atoms with E-state index in [9.17, 15) is 14.0 Å². The molecule has 0 radical (unpaired) electrons. The second kappa shape index (κ2) is 6.72. The zero-order chi connectivity index (χ0) is 21.8. The normalized spacial score (nSPS) is 16.9. The molecule has 0 saturated carbocycles. The first-order valence-electron chi connectivity index (χ1n) is 9.96. The highest BCUT2D eigenvalue weighted by Crippen LogP contribution is 2.38. The number of amides is 2. The van der Waals surface area contributed by atoms with Crippen LogP contribution in [0.3, 0.4) is 0 Å². The third-order valence-corrected chi connectivity index (χ3v) is 5.73. The molecule has 3 aromatic rings. The number of primary amides is 1. The van der Waals surface area contributed by atoms with Crippen molar-refractivity contribution in [2.75, 3.05) is 13.1 Å². The lowest BCUT2D eigenvalue weighted by Gasteiger charge is -2.39. The number of ether oxygens (including phenoxy) is 1. The average molecular weight is 415 g/mol. The number of halogens is 1. The maximum atomic E-state index is 13.9. The molecule has 0 spiro atoms. The first-order chi connectivity index (χ1) is 14.0. The lowest BCUT2D eigenvalue weighted by molar-refractivity contribution is 0.0172. The molecule has 2 aromatic heterocycles. The van der Waals surface area contributed by atoms with Crippen molar-refractivity contribution >= 4 is 28.7 Å². The number of benzene rings is 1. The van der Waals surface area contributed by atoms with Crippen molar-refractivity contribution in [3.05, 3.63) is 35.3 Å². The number of fused-ring (bicyclic) bond motifs is 3. The monoisotopic (exact) mass is 415 g/mol. The van der Waals surface area contributed by atoms with E-state index in [4.69, 9.17) is 10.5 Å². The Labute approximate surface area is 173 Å². The van der Waals surface area contributed by atoms with Gasteiger partial charge in [-0.25, -0.2) is 18.7 Å². The van der Waals surface area contributed by atoms with Crippen molar-refractivity contribution in [1.82, 2.24) is 19.5 Å². The minimum absolute atomic E-state index is 0.0794. The van der Waals surface area contributed by atoms with Gasteiger partial charge in [-0.3, -0.25) is 9.89 Å². The van der Waals surface area contributed by atoms with Crippen LogP contribution >= 0.6 is 0 Å². The number of nitrogens with one attached hydrogen (secondary N) is 1. The smallest absolute Gasteiger partial charge is 0.410 e. The summed E-state index contributed by atoms with van der Waals surface area (Å²) in [7, 11) is 0. The standard InChI is InChI=1S/C21H26FN5O3/c1-20(2,3)30-19(29)26-7-5-21(4,6-8-26)14-11-24-27-16-13(17(23)28)9-12(22)10-15(16)25-18(14)27/h9-11,24H,5-8H2,1-4H3,(H2,23,28). The van der Waals surface area contributed by atoms with Crippen molar-refractivity contribution in [2.45, 2.75) is 51.6 Å². The Morgan fingerprint density at radius 2 is 1.93 bits per heavy atom. The minimum Gasteiger partial charge on any atom is -0.444 e. The van der Waals surface area contributed by atoms with Gasteiger partial charge in [0, 0.05) is 36.3 Å². The molecule has 0 bridgehead atoms. The third-order valence-electron chi connectivity index (χ3n) is 5.73. The zero-order valence-electron chi connectivity index (χ0n) is 17.6. The number of piperidine rings is 1. The van der Waals surface area contributed by atoms with Crippen molar-refractivity contribution < 1.29 is 18.7 Å². The van der Waals surface area contributed by atoms with Crippen molar-refractivity contribution in [3.8, 4) is 0 Å². The molecule has 0 aliphatic carbocycles. The van der Waals surface area contributed by atoms with E-state index < -0.39 is 17.3 Å². The molecule has 3 N–H and O–H groups in total. The molecular formula is C21H26FN5O3. The molecule has 160 valence electrons. The van der Waals surface area contributed by atoms with Gasteiger partial charge in [-0.05, 0) is 39.7 Å². The van der Waals surface area contributed by atoms with Crippen LogP contribution in [0.15, 0.2) is 18.3 Å². The van der Waals surface area contributed by atoms with Crippen LogP contribution < -0.4 is 5.73 Å². The fourth-order valence-corrected chi connectivity index (χ4v) is 4.09. The third kappa shape index (κ3) is 3.38. The molecule has 30 heavy (non-hydrogen) atoms. The molecule has 2 amide bonds. The number of aromatic amines is 1. The summed E-state index contributed by atoms with van der Waals surface area (Å²) in [4.78, 5) is 30.5. The number of carbonyl (C=O) groups excluding carboxylic acids is 2. The predicted octanol–water partition coefficient (Wildman–Crippen LogP) is 3.34. The number of rotatable bonds is 2. The predicted molar refractivity (Wildman–Crippen MR) is 110 cm³/mol. The van der Waals surface area contributed by atoms with Crippen LogP contribution in [0.5, 0.6) is 0 Å². The Hall–Kier alpha value is -3.10. The van der Waals surface area contributed by atoms with Gasteiger partial charge in [-0.15, -0.1) is 0 Å². The van der Waals surface area contributed by atoms with Crippen LogP contribution in [-0.2, 0) is 10.2 Å². The van der Waals surface area contributed by atoms with Gasteiger partial charge in [-0.1, -0.05) is 6.92 Å². The lowest BCUT2D eigenvalue weighted by Crippen LogP contribution is -2.45. The number of nitrogens with zero attached hydrogens (tertiary/aromatic N) is 3. The number of likely N-dealkylation sites (tertiary alicyclic amines) is 1. The van der Waals surface area contributed by atoms with E-state index in [-0.39, 0.29) is 17.1 Å². The number of aromatic nitrogens is 3. The summed E-state index contributed by atoms with van der Waals surface area (Å²) in [6.45, 7) is 8.79. The van der Waals surface area contributed by atoms with Gasteiger partial charge < -0.3 is 15.4 Å². The fraction of sp³-hybridized carbons (Fsp3) is 0.476. The van der Waals surface area contributed by atoms with E-state index in [1.165, 1.54) is 6.07 Å². The number of hydrogen-bond acceptors (Lipinski definition) is 4. The van der Waals surface area contributed by atoms with E-state index in [1.54, 1.807) is 9.42 Å². The Bertz CT molecular complexity index is 1150. The highest BCUT2D eigenvalue weighted by atomic mass is 19.1. The van der Waals surface area contributed by atoms with Crippen LogP contribution in [-0.4, -0.2) is 50.2 Å². The van der Waals surface area contributed by atoms with Gasteiger partial charge in [0.05, 0.1) is 11.1 Å². The van der Waals surface area contributed by atoms with Crippen molar-refractivity contribution in [3.63, 3.8) is 0 Å². The average Bonchev–Trinajstić information content (AvgIpc) is 3.18. The summed E-state index contributed by atoms with van der Waals surface area (Å²) in [5.41, 5.74) is 7.17. The Balaban J connectivity index is 1.67. The molecule has 4 rings (SSSR count). The minimum atomic E-state index is -0.714. The summed E-state index contributed by atoms with van der Waals surface area (Å²) in [5, 5.41) is 3.13. The second-order valence-corrected chi connectivity index (χ2v) is 9.17. The molecule has 3 heterocycles. The zero-order valence-corrected chi connectivity index (χ0v) is 17.6. The first-order valence-corrected chi connectivity index (χ1v) is 9.96. The highest BCUT2D eigenvalue weighted by Gasteiger charge is 2.37. The van der Waals surface area contributed by atoms with Crippen molar-refractivity contribution in [2.24, 2.45) is 5.73 Å². The lowest BCUT2D eigenvalue weighted by atomic mass is 9.75. The van der Waals surface area contributed by atoms with Gasteiger partial charge in [0.2, 0.25) is 0 Å². The van der Waals surface area contributed by atoms with E-state index in [1.807, 2.05) is 27.0 Å². The number of nitrogens with two attached hydrogens (primary N) is 1. The van der Waals surface area contributed by atoms with Crippen LogP contribution in [0.2, 0.25) is 0 Å². The fourth-order valence-electron chi connectivity index (χ4n) is 4.09. The molecule has 8 nitrogen and oxygen atoms in total. The quantitative estimate of drug-likeness (QED) is 0.669. The largest absolute Gasteiger partial charge is 0.444 e. The number of carbonyl (C=O) groups is 2. The Morgan fingerprint density at radius 3 is 2.53 bits per heavy atom. The van der Waals surface area contributed by atoms with Crippen LogP contribution in [0.1, 0.15) is 56.5 Å². The van der Waals surface area contributed by atoms with Gasteiger partial charge in [0.25, 0.3) is 5.91 Å². The van der Waals surface area contributed by atoms with Gasteiger partial charge >= 0.3 is 6.09 Å². The van der Waals surface area contributed by atoms with E-state index >= 15 is 0 Å². The summed E-state index contributed by atoms with van der Waals surface area (Å²) in [6.07, 6.45) is 3.00. The molecule has 1 aliphatic heterocycles. The number of hydrogen-bond donors (Lipinski definition) is 2. The summed E-state index contributed by atoms with van der Waals surface area (Å²) in [5.74, 6) is -1.27. The van der Waals surface area contributed by atoms with E-state index in [0.717, 1.165) is 24.5 Å². The molecule has 0 unspecified atom stereocenters. The first kappa shape index (κ1) is 20.2. The molecule has 1 fully saturated rings. The molecule has 1 aliphatic rings. The summed E-state index contributed by atoms with van der Waals surface area (Å²) in [6, 6.07) is 2.42. The molecule has 1 saturated heterocycles. The molecule has 9 heteroatoms. The van der Waals surface area contributed by atoms with Crippen LogP contribution in [0.25, 0.3) is 16.7 Å². The summed E-state index contributed by atoms with van der Waals surface area (Å²) < 4.78 is 21.1. The maximum Gasteiger partial charge on any atom is 0.410 e. The van der Waals surface area contributed by atoms with Gasteiger partial charge in [0.15, 0.2) is 5.65 Å². The summed E-state index contributed by atoms with van der Waals surface area (Å²) >= 11 is 0. The molecule has 0 atom stereocenters. The molecular weight excluding hydrogens is 389 g/mol. The van der Waals surface area contributed by atoms with Gasteiger partial charge in [-0.2, -0.15) is 0 Å². The molecule has 1 aromatic carbocycles. The van der Waals surface area contributed by atoms with Crippen molar-refractivity contribution in [1.29, 1.82) is 0 Å². The Kier molecular flexibility index (Phi) is 4.52. The van der Waals surface area contributed by atoms with E-state index in [0.29, 0.717) is 29.8 Å². The van der Waals surface area contributed by atoms with E-state index in [2.05, 4.69) is 17.0 Å². The topological polar surface area (TPSA) is 106 Å². The highest BCUT2D eigenvalue weighted by molar-refractivity contribution is 6.05. The van der Waals surface area contributed by atoms with Crippen LogP contribution in [0.4, 0.5) is 9.18 Å². The number of H-pyrrole nitrogens is 1. The second-order valence-electron chi connectivity index (χ2n) is 9.17. The van der Waals surface area contributed by atoms with Gasteiger partial charge in [0.1, 0.15) is 16.9 Å². The maximum absolute atomic E-state index is 13.9. The van der Waals surface area contributed by atoms with Crippen LogP contribution in [0, 0.1) is 5.82 Å².